The lowest BCUT2D eigenvalue weighted by molar-refractivity contribution is -0.148. The number of phenols is 1. The zero-order chi connectivity index (χ0) is 44.9. The van der Waals surface area contributed by atoms with Gasteiger partial charge in [-0.3, -0.25) is 29.2 Å². The first-order valence-corrected chi connectivity index (χ1v) is 21.9. The molecule has 3 N–H and O–H groups in total. The number of aromatic nitrogens is 2. The Kier molecular flexibility index (Phi) is 14.8. The molecule has 334 valence electrons. The number of fused-ring (bicyclic) bond motifs is 1. The van der Waals surface area contributed by atoms with E-state index >= 15 is 0 Å². The molecular weight excluding hydrogens is 787 g/mol. The van der Waals surface area contributed by atoms with E-state index in [1.807, 2.05) is 45.3 Å². The number of aryl methyl sites for hydroxylation is 1. The fourth-order valence-corrected chi connectivity index (χ4v) is 9.09. The van der Waals surface area contributed by atoms with Crippen molar-refractivity contribution in [2.45, 2.75) is 92.5 Å². The van der Waals surface area contributed by atoms with Crippen LogP contribution in [0.25, 0.3) is 33.3 Å². The van der Waals surface area contributed by atoms with Crippen molar-refractivity contribution in [1.82, 2.24) is 35.1 Å². The highest BCUT2D eigenvalue weighted by molar-refractivity contribution is 5.96. The molecule has 62 heavy (non-hydrogen) atoms. The van der Waals surface area contributed by atoms with Crippen LogP contribution in [0.5, 0.6) is 5.75 Å². The van der Waals surface area contributed by atoms with Gasteiger partial charge in [0.2, 0.25) is 11.8 Å². The van der Waals surface area contributed by atoms with Crippen LogP contribution < -0.4 is 10.7 Å². The monoisotopic (exact) mass is 851 g/mol. The second kappa shape index (κ2) is 19.8. The van der Waals surface area contributed by atoms with E-state index in [4.69, 9.17) is 9.47 Å². The number of esters is 1. The summed E-state index contributed by atoms with van der Waals surface area (Å²) in [7, 11) is 5.31. The van der Waals surface area contributed by atoms with E-state index in [1.54, 1.807) is 37.5 Å². The summed E-state index contributed by atoms with van der Waals surface area (Å²) >= 11 is 0. The molecule has 3 amide bonds. The smallest absolute Gasteiger partial charge is 0.302 e. The number of pyridine rings is 1. The van der Waals surface area contributed by atoms with E-state index in [2.05, 4.69) is 58.1 Å². The first-order chi connectivity index (χ1) is 29.5. The molecule has 2 aromatic carbocycles. The lowest BCUT2D eigenvalue weighted by Crippen LogP contribution is -2.61. The number of nitrogens with one attached hydrogen (secondary N) is 2. The molecule has 2 aliphatic heterocycles. The van der Waals surface area contributed by atoms with Crippen LogP contribution >= 0.6 is 0 Å². The van der Waals surface area contributed by atoms with Crippen LogP contribution in [0.2, 0.25) is 0 Å². The number of phenolic OH excluding ortho intramolecular Hbond substituents is 1. The molecule has 2 aromatic heterocycles. The highest BCUT2D eigenvalue weighted by Gasteiger charge is 2.39. The van der Waals surface area contributed by atoms with E-state index in [9.17, 15) is 24.3 Å². The summed E-state index contributed by atoms with van der Waals surface area (Å²) in [6.07, 6.45) is 6.10. The van der Waals surface area contributed by atoms with Crippen LogP contribution in [-0.4, -0.2) is 119 Å². The number of nitrogens with zero attached hydrogens (tertiary/aromatic N) is 5. The third kappa shape index (κ3) is 10.5. The fourth-order valence-electron chi connectivity index (χ4n) is 9.09. The topological polar surface area (TPSA) is 159 Å². The fraction of sp³-hybridized carbons (Fsp3) is 0.521. The molecule has 2 aliphatic rings. The van der Waals surface area contributed by atoms with Gasteiger partial charge in [-0.25, -0.2) is 5.43 Å². The third-order valence-corrected chi connectivity index (χ3v) is 12.1. The quantitative estimate of drug-likeness (QED) is 0.115. The summed E-state index contributed by atoms with van der Waals surface area (Å²) in [6.45, 7) is 15.3. The number of hydrogen-bond acceptors (Lipinski definition) is 10. The Morgan fingerprint density at radius 1 is 1.06 bits per heavy atom. The SMILES string of the molecule is CCn1c(-c2cnccc2COC)c(CC(C)(C)COC(C)=O)c2cc(-c3cc(O)cc(C[C@H](NC(=O)[C@H](C(C)C)N(C)C(=O)C4CN(C)C4)C(=O)N4CCCCN4)c3)ccc21. The number of carbonyl (C=O) groups excluding carboxylic acids is 4. The number of likely N-dealkylation sites (N-methyl/N-ethyl adjacent to an activating group) is 1. The molecule has 0 unspecified atom stereocenters. The van der Waals surface area contributed by atoms with Crippen LogP contribution in [0.3, 0.4) is 0 Å². The molecule has 2 fully saturated rings. The summed E-state index contributed by atoms with van der Waals surface area (Å²) in [5, 5.41) is 16.9. The lowest BCUT2D eigenvalue weighted by atomic mass is 9.84. The third-order valence-electron chi connectivity index (χ3n) is 12.1. The van der Waals surface area contributed by atoms with Gasteiger partial charge in [-0.1, -0.05) is 39.8 Å². The Morgan fingerprint density at radius 2 is 1.82 bits per heavy atom. The highest BCUT2D eigenvalue weighted by Crippen LogP contribution is 2.41. The zero-order valence-corrected chi connectivity index (χ0v) is 37.9. The van der Waals surface area contributed by atoms with Crippen LogP contribution in [-0.2, 0) is 54.6 Å². The van der Waals surface area contributed by atoms with Crippen LogP contribution in [0, 0.1) is 17.3 Å². The first-order valence-electron chi connectivity index (χ1n) is 21.9. The standard InChI is InChI=1S/C48H65N7O7/c1-10-54-42-14-13-33(23-38(42)39(24-48(5,6)29-62-31(4)56)44(54)40-25-49-17-15-34(40)28-61-9)35-19-32(20-37(57)22-35)21-41(47(60)55-18-12-11-16-50-55)51-45(58)43(30(2)3)53(8)46(59)36-26-52(7)27-36/h13-15,17,19-20,22-23,25,30,36,41,43,50,57H,10-12,16,18,21,24,26-29H2,1-9H3,(H,51,58)/t41-,43-/m0/s1. The Hall–Kier alpha value is -5.31. The average Bonchev–Trinajstić information content (AvgIpc) is 3.52. The lowest BCUT2D eigenvalue weighted by Gasteiger charge is -2.40. The minimum Gasteiger partial charge on any atom is -0.508 e. The van der Waals surface area contributed by atoms with Crippen molar-refractivity contribution < 1.29 is 33.8 Å². The van der Waals surface area contributed by atoms with Gasteiger partial charge in [-0.2, -0.15) is 0 Å². The van der Waals surface area contributed by atoms with Crippen molar-refractivity contribution >= 4 is 34.6 Å². The normalized spacial score (nSPS) is 15.9. The molecule has 4 aromatic rings. The molecule has 0 bridgehead atoms. The van der Waals surface area contributed by atoms with Crippen LogP contribution in [0.4, 0.5) is 0 Å². The van der Waals surface area contributed by atoms with Gasteiger partial charge in [0.15, 0.2) is 0 Å². The van der Waals surface area contributed by atoms with Gasteiger partial charge in [0.05, 0.1) is 24.8 Å². The van der Waals surface area contributed by atoms with Gasteiger partial charge >= 0.3 is 5.97 Å². The van der Waals surface area contributed by atoms with Crippen molar-refractivity contribution in [3.8, 4) is 28.1 Å². The number of rotatable bonds is 17. The maximum atomic E-state index is 14.3. The predicted octanol–water partition coefficient (Wildman–Crippen LogP) is 5.57. The van der Waals surface area contributed by atoms with E-state index in [0.717, 1.165) is 57.3 Å². The number of ether oxygens (including phenoxy) is 2. The zero-order valence-electron chi connectivity index (χ0n) is 37.9. The van der Waals surface area contributed by atoms with E-state index in [1.165, 1.54) is 11.8 Å². The second-order valence-corrected chi connectivity index (χ2v) is 18.2. The minimum absolute atomic E-state index is 0.0243. The minimum atomic E-state index is -0.974. The molecule has 14 heteroatoms. The number of methoxy groups -OCH3 is 1. The molecule has 4 heterocycles. The van der Waals surface area contributed by atoms with E-state index in [0.29, 0.717) is 51.3 Å². The van der Waals surface area contributed by atoms with Gasteiger partial charge in [0.25, 0.3) is 5.91 Å². The van der Waals surface area contributed by atoms with Crippen molar-refractivity contribution in [3.63, 3.8) is 0 Å². The van der Waals surface area contributed by atoms with E-state index in [-0.39, 0.29) is 48.4 Å². The Morgan fingerprint density at radius 3 is 2.47 bits per heavy atom. The van der Waals surface area contributed by atoms with Crippen molar-refractivity contribution in [3.05, 3.63) is 71.5 Å². The Balaban J connectivity index is 1.39. The molecule has 0 aliphatic carbocycles. The molecule has 2 atom stereocenters. The van der Waals surface area contributed by atoms with E-state index < -0.39 is 23.4 Å². The number of hydrazine groups is 1. The molecule has 6 rings (SSSR count). The van der Waals surface area contributed by atoms with Crippen molar-refractivity contribution in [2.75, 3.05) is 54.0 Å². The van der Waals surface area contributed by atoms with Gasteiger partial charge in [-0.15, -0.1) is 0 Å². The largest absolute Gasteiger partial charge is 0.508 e. The Labute approximate surface area is 365 Å². The van der Waals surface area contributed by atoms with Gasteiger partial charge < -0.3 is 34.3 Å². The van der Waals surface area contributed by atoms with Crippen molar-refractivity contribution in [1.29, 1.82) is 0 Å². The molecule has 0 saturated carbocycles. The molecule has 0 radical (unpaired) electrons. The van der Waals surface area contributed by atoms with Crippen molar-refractivity contribution in [2.24, 2.45) is 17.3 Å². The van der Waals surface area contributed by atoms with Gasteiger partial charge in [-0.05, 0) is 97.3 Å². The van der Waals surface area contributed by atoms with Gasteiger partial charge in [0, 0.05) is 94.5 Å². The number of carbonyl (C=O) groups is 4. The first kappa shape index (κ1) is 46.2. The summed E-state index contributed by atoms with van der Waals surface area (Å²) < 4.78 is 13.4. The molecule has 0 spiro atoms. The van der Waals surface area contributed by atoms with Gasteiger partial charge in [0.1, 0.15) is 17.8 Å². The number of amides is 3. The number of benzene rings is 2. The summed E-state index contributed by atoms with van der Waals surface area (Å²) in [4.78, 5) is 62.0. The molecule has 14 nitrogen and oxygen atoms in total. The second-order valence-electron chi connectivity index (χ2n) is 18.2. The number of hydrogen-bond donors (Lipinski definition) is 3. The van der Waals surface area contributed by atoms with Crippen LogP contribution in [0.15, 0.2) is 54.9 Å². The Bertz CT molecular complexity index is 2260. The number of likely N-dealkylation sites (tertiary alicyclic amines) is 1. The highest BCUT2D eigenvalue weighted by atomic mass is 16.5. The summed E-state index contributed by atoms with van der Waals surface area (Å²) in [5.41, 5.74) is 10.1. The maximum absolute atomic E-state index is 14.3. The molecule has 2 saturated heterocycles. The predicted molar refractivity (Wildman–Crippen MR) is 240 cm³/mol. The summed E-state index contributed by atoms with van der Waals surface area (Å²) in [6, 6.07) is 11.8. The maximum Gasteiger partial charge on any atom is 0.302 e. The number of aromatic hydroxyl groups is 1. The molecular formula is C48H65N7O7. The summed E-state index contributed by atoms with van der Waals surface area (Å²) in [5.74, 6) is -1.44. The van der Waals surface area contributed by atoms with Crippen LogP contribution in [0.1, 0.15) is 71.1 Å². The average molecular weight is 852 g/mol.